The molecule has 6 heteroatoms. The minimum atomic E-state index is -4.39. The van der Waals surface area contributed by atoms with Gasteiger partial charge in [0, 0.05) is 17.5 Å². The van der Waals surface area contributed by atoms with Crippen LogP contribution >= 0.6 is 0 Å². The molecule has 0 N–H and O–H groups in total. The Labute approximate surface area is 217 Å². The Morgan fingerprint density at radius 3 is 2.03 bits per heavy atom. The lowest BCUT2D eigenvalue weighted by Gasteiger charge is -2.10. The first-order valence-electron chi connectivity index (χ1n) is 12.1. The van der Waals surface area contributed by atoms with E-state index in [-0.39, 0.29) is 0 Å². The third-order valence-corrected chi connectivity index (χ3v) is 7.09. The number of nitrogens with zero attached hydrogens (tertiary/aromatic N) is 3. The van der Waals surface area contributed by atoms with Crippen molar-refractivity contribution in [1.29, 1.82) is 10.5 Å². The highest BCUT2D eigenvalue weighted by molar-refractivity contribution is 6.26. The molecule has 0 saturated heterocycles. The monoisotopic (exact) mass is 501 g/mol. The van der Waals surface area contributed by atoms with Gasteiger partial charge in [0.05, 0.1) is 17.3 Å². The summed E-state index contributed by atoms with van der Waals surface area (Å²) in [5, 5.41) is 18.5. The molecular formula is C32H18F3N3. The van der Waals surface area contributed by atoms with Crippen LogP contribution in [-0.4, -0.2) is 5.71 Å². The van der Waals surface area contributed by atoms with Gasteiger partial charge < -0.3 is 0 Å². The summed E-state index contributed by atoms with van der Waals surface area (Å²) >= 11 is 0. The summed E-state index contributed by atoms with van der Waals surface area (Å²) in [6.45, 7) is 0. The van der Waals surface area contributed by atoms with Crippen LogP contribution in [0.2, 0.25) is 0 Å². The smallest absolute Gasteiger partial charge is 0.198 e. The highest BCUT2D eigenvalue weighted by Crippen LogP contribution is 2.50. The molecule has 0 atom stereocenters. The van der Waals surface area contributed by atoms with Crippen molar-refractivity contribution in [3.8, 4) is 45.6 Å². The Kier molecular flexibility index (Phi) is 5.47. The van der Waals surface area contributed by atoms with E-state index in [0.717, 1.165) is 67.8 Å². The lowest BCUT2D eigenvalue weighted by Crippen LogP contribution is -2.03. The first-order valence-corrected chi connectivity index (χ1v) is 12.1. The molecule has 0 heterocycles. The molecule has 0 unspecified atom stereocenters. The Balaban J connectivity index is 1.51. The van der Waals surface area contributed by atoms with Gasteiger partial charge in [0.25, 0.3) is 0 Å². The van der Waals surface area contributed by atoms with Crippen molar-refractivity contribution in [1.82, 2.24) is 0 Å². The van der Waals surface area contributed by atoms with E-state index in [1.54, 1.807) is 0 Å². The molecular weight excluding hydrogens is 483 g/mol. The number of allylic oxidation sites excluding steroid dienone is 1. The molecule has 0 spiro atoms. The van der Waals surface area contributed by atoms with E-state index < -0.39 is 11.7 Å². The second-order valence-corrected chi connectivity index (χ2v) is 9.20. The topological polar surface area (TPSA) is 59.9 Å². The zero-order valence-corrected chi connectivity index (χ0v) is 20.0. The molecule has 0 saturated carbocycles. The van der Waals surface area contributed by atoms with E-state index in [1.807, 2.05) is 48.7 Å². The molecule has 2 aliphatic carbocycles. The zero-order valence-electron chi connectivity index (χ0n) is 20.0. The summed E-state index contributed by atoms with van der Waals surface area (Å²) < 4.78 is 39.2. The number of aliphatic imine (C=N–C) groups is 1. The van der Waals surface area contributed by atoms with E-state index >= 15 is 0 Å². The number of alkyl halides is 3. The molecule has 4 aromatic rings. The average molecular weight is 502 g/mol. The van der Waals surface area contributed by atoms with Gasteiger partial charge >= 0.3 is 6.18 Å². The lowest BCUT2D eigenvalue weighted by atomic mass is 9.96. The second kappa shape index (κ2) is 8.87. The van der Waals surface area contributed by atoms with Crippen LogP contribution in [-0.2, 0) is 6.18 Å². The SMILES string of the molecule is N#CCC/C=C1\c2cc(-c3ccc(C(F)(F)F)cc3)ccc2-c2cc3c(cc21)-c1ccccc1C3=NC#N. The predicted molar refractivity (Wildman–Crippen MR) is 141 cm³/mol. The number of hydrogen-bond acceptors (Lipinski definition) is 3. The summed E-state index contributed by atoms with van der Waals surface area (Å²) in [4.78, 5) is 4.14. The second-order valence-electron chi connectivity index (χ2n) is 9.20. The van der Waals surface area contributed by atoms with Crippen LogP contribution in [0.5, 0.6) is 0 Å². The van der Waals surface area contributed by atoms with Crippen LogP contribution in [0.3, 0.4) is 0 Å². The Morgan fingerprint density at radius 2 is 1.32 bits per heavy atom. The Hall–Kier alpha value is -4.94. The van der Waals surface area contributed by atoms with Gasteiger partial charge in [-0.2, -0.15) is 28.7 Å². The number of nitriles is 2. The molecule has 0 aromatic heterocycles. The van der Waals surface area contributed by atoms with Crippen LogP contribution in [0.4, 0.5) is 13.2 Å². The fraction of sp³-hybridized carbons (Fsp3) is 0.0938. The summed E-state index contributed by atoms with van der Waals surface area (Å²) in [6, 6.07) is 25.3. The minimum absolute atomic E-state index is 0.375. The van der Waals surface area contributed by atoms with Crippen molar-refractivity contribution in [2.24, 2.45) is 4.99 Å². The van der Waals surface area contributed by atoms with Crippen molar-refractivity contribution >= 4 is 11.3 Å². The number of fused-ring (bicyclic) bond motifs is 6. The highest BCUT2D eigenvalue weighted by atomic mass is 19.4. The number of benzene rings is 4. The van der Waals surface area contributed by atoms with E-state index in [2.05, 4.69) is 29.3 Å². The maximum Gasteiger partial charge on any atom is 0.416 e. The normalized spacial score (nSPS) is 15.0. The first kappa shape index (κ1) is 23.5. The van der Waals surface area contributed by atoms with Crippen molar-refractivity contribution in [3.05, 3.63) is 113 Å². The van der Waals surface area contributed by atoms with Gasteiger partial charge in [-0.3, -0.25) is 0 Å². The quantitative estimate of drug-likeness (QED) is 0.181. The van der Waals surface area contributed by atoms with Crippen LogP contribution in [0.15, 0.2) is 89.9 Å². The summed E-state index contributed by atoms with van der Waals surface area (Å²) in [5.41, 5.74) is 10.2. The lowest BCUT2D eigenvalue weighted by molar-refractivity contribution is -0.137. The van der Waals surface area contributed by atoms with Gasteiger partial charge in [-0.15, -0.1) is 0 Å². The van der Waals surface area contributed by atoms with Crippen molar-refractivity contribution in [2.45, 2.75) is 19.0 Å². The van der Waals surface area contributed by atoms with Crippen LogP contribution in [0, 0.1) is 22.8 Å². The average Bonchev–Trinajstić information content (AvgIpc) is 3.39. The minimum Gasteiger partial charge on any atom is -0.198 e. The van der Waals surface area contributed by atoms with E-state index in [4.69, 9.17) is 5.26 Å². The van der Waals surface area contributed by atoms with E-state index in [0.29, 0.717) is 24.1 Å². The largest absolute Gasteiger partial charge is 0.416 e. The summed E-state index contributed by atoms with van der Waals surface area (Å²) in [5.74, 6) is 0. The zero-order chi connectivity index (χ0) is 26.4. The van der Waals surface area contributed by atoms with Gasteiger partial charge in [-0.05, 0) is 86.8 Å². The van der Waals surface area contributed by atoms with Gasteiger partial charge in [0.1, 0.15) is 0 Å². The number of unbranched alkanes of at least 4 members (excludes halogenated alkanes) is 1. The summed E-state index contributed by atoms with van der Waals surface area (Å²) in [7, 11) is 0. The standard InChI is InChI=1S/C32H18F3N3/c33-32(34,35)21-11-8-19(9-12-21)20-10-13-24-26(15-20)23(6-3-4-14-36)27-16-29-22-5-1-2-7-25(22)31(38-18-37)30(29)17-28(24)27/h1-2,5-13,15-17H,3-4H2/b23-6+,38-31?. The molecule has 182 valence electrons. The molecule has 6 rings (SSSR count). The molecule has 0 radical (unpaired) electrons. The van der Waals surface area contributed by atoms with Gasteiger partial charge in [-0.1, -0.05) is 54.6 Å². The van der Waals surface area contributed by atoms with E-state index in [1.165, 1.54) is 12.1 Å². The number of rotatable bonds is 3. The predicted octanol–water partition coefficient (Wildman–Crippen LogP) is 8.39. The van der Waals surface area contributed by atoms with Crippen molar-refractivity contribution in [2.75, 3.05) is 0 Å². The highest BCUT2D eigenvalue weighted by Gasteiger charge is 2.32. The third-order valence-electron chi connectivity index (χ3n) is 7.09. The Morgan fingerprint density at radius 1 is 0.684 bits per heavy atom. The molecule has 0 bridgehead atoms. The van der Waals surface area contributed by atoms with Gasteiger partial charge in [-0.25, -0.2) is 0 Å². The van der Waals surface area contributed by atoms with Crippen LogP contribution < -0.4 is 0 Å². The first-order chi connectivity index (χ1) is 18.4. The molecule has 38 heavy (non-hydrogen) atoms. The molecule has 4 aromatic carbocycles. The fourth-order valence-electron chi connectivity index (χ4n) is 5.38. The van der Waals surface area contributed by atoms with Crippen LogP contribution in [0.1, 0.15) is 40.7 Å². The maximum atomic E-state index is 13.1. The maximum absolute atomic E-state index is 13.1. The molecule has 0 amide bonds. The fourth-order valence-corrected chi connectivity index (χ4v) is 5.38. The summed E-state index contributed by atoms with van der Waals surface area (Å²) in [6.07, 6.45) is 0.554. The van der Waals surface area contributed by atoms with E-state index in [9.17, 15) is 18.4 Å². The molecule has 0 aliphatic heterocycles. The molecule has 2 aliphatic rings. The third kappa shape index (κ3) is 3.70. The van der Waals surface area contributed by atoms with Gasteiger partial charge in [0.15, 0.2) is 0 Å². The number of hydrogen-bond donors (Lipinski definition) is 0. The molecule has 3 nitrogen and oxygen atoms in total. The van der Waals surface area contributed by atoms with Crippen molar-refractivity contribution in [3.63, 3.8) is 0 Å². The van der Waals surface area contributed by atoms with Gasteiger partial charge in [0.2, 0.25) is 6.19 Å². The number of halogens is 3. The molecule has 0 fully saturated rings. The van der Waals surface area contributed by atoms with Crippen molar-refractivity contribution < 1.29 is 13.2 Å². The Bertz CT molecular complexity index is 1760. The van der Waals surface area contributed by atoms with Crippen LogP contribution in [0.25, 0.3) is 39.0 Å².